The maximum Gasteiger partial charge on any atom is 0.472 e. The molecule has 684 valence electrons. The number of rotatable bonds is 90. The summed E-state index contributed by atoms with van der Waals surface area (Å²) >= 11 is 0. The Labute approximate surface area is 727 Å². The molecule has 0 aromatic carbocycles. The lowest BCUT2D eigenvalue weighted by molar-refractivity contribution is -0.161. The van der Waals surface area contributed by atoms with Crippen molar-refractivity contribution in [2.45, 2.75) is 424 Å². The molecule has 16 nitrogen and oxygen atoms in total. The van der Waals surface area contributed by atoms with Gasteiger partial charge in [-0.05, 0) is 148 Å². The smallest absolute Gasteiger partial charge is 0.463 e. The highest BCUT2D eigenvalue weighted by atomic mass is 31.2. The van der Waals surface area contributed by atoms with Crippen LogP contribution in [0.15, 0.2) is 158 Å². The van der Waals surface area contributed by atoms with E-state index in [-0.39, 0.29) is 19.3 Å². The quantitative estimate of drug-likeness (QED) is 0.0146. The first-order valence-electron chi connectivity index (χ1n) is 47.8. The molecule has 119 heavy (non-hydrogen) atoms. The molecule has 0 radical (unpaired) electrons. The molecule has 0 fully saturated rings. The summed E-state index contributed by atoms with van der Waals surface area (Å²) in [6.45, 7) is 2.49. The summed E-state index contributed by atoms with van der Waals surface area (Å²) in [6.07, 6.45) is 119. The molecule has 5 unspecified atom stereocenters. The van der Waals surface area contributed by atoms with E-state index in [2.05, 4.69) is 167 Å². The van der Waals surface area contributed by atoms with Gasteiger partial charge in [0.25, 0.3) is 0 Å². The molecular weight excluding hydrogens is 1530 g/mol. The minimum Gasteiger partial charge on any atom is -0.463 e. The summed E-state index contributed by atoms with van der Waals surface area (Å²) in [7, 11) is -9.83. The average Bonchev–Trinajstić information content (AvgIpc) is 0.903. The number of phosphoric acid groups is 2. The Hall–Kier alpha value is -4.83. The van der Waals surface area contributed by atoms with E-state index in [1.54, 1.807) is 0 Å². The number of allylic oxidation sites excluding steroid dienone is 26. The number of hydrogen-bond donors (Lipinski definition) is 4. The van der Waals surface area contributed by atoms with Gasteiger partial charge in [0.2, 0.25) is 0 Å². The van der Waals surface area contributed by atoms with Gasteiger partial charge in [-0.25, -0.2) is 9.13 Å². The standard InChI is InChI=1S/C101H174O16P2/c1-4-7-10-13-16-19-22-25-28-31-33-35-37-39-41-43-45-47-49-51-53-55-57-59-61-64-66-69-72-75-78-81-84-87-99(104)111-90-96(102)91-113-118(107,108)114-92-97(103)93-115-119(109,110)116-95-98(117-101(106)89-86-83-80-77-74-71-68-63-30-27-24-21-18-15-12-9-6-3)94-112-100(105)88-85-82-79-76-73-70-67-65-62-60-58-56-54-52-50-48-46-44-42-40-38-36-34-32-29-26-23-20-17-14-11-8-5-2/h9,12,16-21,25-30,33-36,39-42,68,71,77,80,96-98,102-103H,4-8,10-11,13-15,22-24,31-32,37-38,43-67,69-70,72-76,78-79,81-95H2,1-3H3,(H,107,108)(H,109,110)/b12-9-,19-16-,20-17-,21-18-,28-25-,29-26-,30-27-,35-33-,36-34-,41-39-,42-40-,71-68-,80-77-. The lowest BCUT2D eigenvalue weighted by Gasteiger charge is -2.21. The van der Waals surface area contributed by atoms with E-state index in [0.717, 1.165) is 109 Å². The van der Waals surface area contributed by atoms with Crippen LogP contribution in [-0.2, 0) is 55.8 Å². The third kappa shape index (κ3) is 93.7. The van der Waals surface area contributed by atoms with Crippen LogP contribution in [0.2, 0.25) is 0 Å². The highest BCUT2D eigenvalue weighted by Crippen LogP contribution is 2.45. The van der Waals surface area contributed by atoms with Crippen molar-refractivity contribution in [3.05, 3.63) is 158 Å². The summed E-state index contributed by atoms with van der Waals surface area (Å²) in [5, 5.41) is 20.7. The van der Waals surface area contributed by atoms with Crippen LogP contribution in [0.1, 0.15) is 406 Å². The Balaban J connectivity index is 4.49. The number of unbranched alkanes of at least 4 members (excludes halogenated alkanes) is 41. The fourth-order valence-corrected chi connectivity index (χ4v) is 14.6. The fraction of sp³-hybridized carbons (Fsp3) is 0.713. The van der Waals surface area contributed by atoms with Gasteiger partial charge in [-0.2, -0.15) is 0 Å². The Kier molecular flexibility index (Phi) is 88.6. The first-order valence-corrected chi connectivity index (χ1v) is 50.8. The molecule has 0 spiro atoms. The minimum atomic E-state index is -4.96. The Morgan fingerprint density at radius 1 is 0.244 bits per heavy atom. The minimum absolute atomic E-state index is 0.0242. The van der Waals surface area contributed by atoms with Crippen LogP contribution in [0.3, 0.4) is 0 Å². The van der Waals surface area contributed by atoms with Crippen LogP contribution in [0, 0.1) is 0 Å². The van der Waals surface area contributed by atoms with Crippen molar-refractivity contribution in [1.82, 2.24) is 0 Å². The highest BCUT2D eigenvalue weighted by Gasteiger charge is 2.29. The summed E-state index contributed by atoms with van der Waals surface area (Å²) in [6, 6.07) is 0. The topological polar surface area (TPSA) is 231 Å². The zero-order valence-corrected chi connectivity index (χ0v) is 77.3. The van der Waals surface area contributed by atoms with E-state index >= 15 is 0 Å². The number of carbonyl (C=O) groups excluding carboxylic acids is 3. The van der Waals surface area contributed by atoms with Crippen molar-refractivity contribution in [2.75, 3.05) is 39.6 Å². The molecular formula is C101H174O16P2. The second kappa shape index (κ2) is 92.4. The van der Waals surface area contributed by atoms with E-state index in [9.17, 15) is 43.5 Å². The molecule has 0 aliphatic carbocycles. The number of ether oxygens (including phenoxy) is 3. The highest BCUT2D eigenvalue weighted by molar-refractivity contribution is 7.47. The number of hydrogen-bond acceptors (Lipinski definition) is 14. The van der Waals surface area contributed by atoms with Gasteiger partial charge in [-0.15, -0.1) is 0 Å². The van der Waals surface area contributed by atoms with Crippen LogP contribution in [0.4, 0.5) is 0 Å². The molecule has 0 aliphatic heterocycles. The third-order valence-electron chi connectivity index (χ3n) is 20.2. The van der Waals surface area contributed by atoms with E-state index in [1.165, 1.54) is 231 Å². The number of aliphatic hydroxyl groups excluding tert-OH is 2. The molecule has 0 amide bonds. The van der Waals surface area contributed by atoms with E-state index in [4.69, 9.17) is 32.3 Å². The molecule has 0 saturated heterocycles. The molecule has 0 saturated carbocycles. The lowest BCUT2D eigenvalue weighted by atomic mass is 10.0. The zero-order chi connectivity index (χ0) is 86.5. The van der Waals surface area contributed by atoms with Crippen LogP contribution >= 0.6 is 15.6 Å². The molecule has 4 N–H and O–H groups in total. The first-order chi connectivity index (χ1) is 58.2. The number of esters is 3. The molecule has 0 aromatic heterocycles. The Morgan fingerprint density at radius 2 is 0.454 bits per heavy atom. The van der Waals surface area contributed by atoms with Gasteiger partial charge < -0.3 is 34.2 Å². The van der Waals surface area contributed by atoms with Crippen molar-refractivity contribution < 1.29 is 75.8 Å². The molecule has 5 atom stereocenters. The Bertz CT molecular complexity index is 2790. The first kappa shape index (κ1) is 114. The molecule has 0 rings (SSSR count). The van der Waals surface area contributed by atoms with E-state index in [1.807, 2.05) is 12.2 Å². The van der Waals surface area contributed by atoms with E-state index in [0.29, 0.717) is 25.7 Å². The van der Waals surface area contributed by atoms with Gasteiger partial charge in [0, 0.05) is 19.3 Å². The van der Waals surface area contributed by atoms with Gasteiger partial charge in [-0.3, -0.25) is 32.5 Å². The number of aliphatic hydroxyl groups is 2. The van der Waals surface area contributed by atoms with Crippen LogP contribution in [0.5, 0.6) is 0 Å². The van der Waals surface area contributed by atoms with Gasteiger partial charge in [0.15, 0.2) is 6.10 Å². The van der Waals surface area contributed by atoms with Crippen LogP contribution in [-0.4, -0.2) is 95.9 Å². The van der Waals surface area contributed by atoms with Crippen molar-refractivity contribution in [3.8, 4) is 0 Å². The van der Waals surface area contributed by atoms with Gasteiger partial charge >= 0.3 is 33.6 Å². The summed E-state index contributed by atoms with van der Waals surface area (Å²) in [4.78, 5) is 58.9. The average molecular weight is 1710 g/mol. The van der Waals surface area contributed by atoms with Crippen molar-refractivity contribution in [1.29, 1.82) is 0 Å². The second-order valence-electron chi connectivity index (χ2n) is 31.8. The lowest BCUT2D eigenvalue weighted by Crippen LogP contribution is -2.30. The third-order valence-corrected chi connectivity index (χ3v) is 22.1. The molecule has 0 bridgehead atoms. The number of carbonyl (C=O) groups is 3. The van der Waals surface area contributed by atoms with Crippen molar-refractivity contribution in [2.24, 2.45) is 0 Å². The predicted molar refractivity (Wildman–Crippen MR) is 500 cm³/mol. The van der Waals surface area contributed by atoms with Crippen molar-refractivity contribution in [3.63, 3.8) is 0 Å². The summed E-state index contributed by atoms with van der Waals surface area (Å²) in [5.74, 6) is -1.63. The van der Waals surface area contributed by atoms with E-state index < -0.39 is 91.5 Å². The van der Waals surface area contributed by atoms with Gasteiger partial charge in [0.05, 0.1) is 26.4 Å². The monoisotopic (exact) mass is 1710 g/mol. The molecule has 0 heterocycles. The van der Waals surface area contributed by atoms with Crippen LogP contribution in [0.25, 0.3) is 0 Å². The van der Waals surface area contributed by atoms with Crippen LogP contribution < -0.4 is 0 Å². The Morgan fingerprint density at radius 3 is 0.731 bits per heavy atom. The SMILES string of the molecule is CC/C=C\C/C=C\C/C=C\C/C=C\C/C=C\CCCC(=O)OC(COC(=O)CCCCCCCCCCCCCCCCCCC/C=C\C/C=C\C/C=C\C/C=C\CCCCC)COP(=O)(O)OCC(O)COP(=O)(O)OCC(O)COC(=O)CCCCCCCCCCCCCCCCCCC/C=C\C/C=C\C/C=C\C/C=C\CCCCC. The zero-order valence-electron chi connectivity index (χ0n) is 75.5. The maximum atomic E-state index is 13.0. The normalized spacial score (nSPS) is 14.4. The van der Waals surface area contributed by atoms with Gasteiger partial charge in [0.1, 0.15) is 25.4 Å². The second-order valence-corrected chi connectivity index (χ2v) is 34.7. The molecule has 0 aromatic rings. The van der Waals surface area contributed by atoms with Gasteiger partial charge in [-0.1, -0.05) is 397 Å². The largest absolute Gasteiger partial charge is 0.472 e. The fourth-order valence-electron chi connectivity index (χ4n) is 13.0. The molecule has 0 aliphatic rings. The maximum absolute atomic E-state index is 13.0. The molecule has 18 heteroatoms. The summed E-state index contributed by atoms with van der Waals surface area (Å²) < 4.78 is 61.4. The number of phosphoric ester groups is 2. The van der Waals surface area contributed by atoms with Crippen molar-refractivity contribution >= 4 is 33.6 Å². The summed E-state index contributed by atoms with van der Waals surface area (Å²) in [5.41, 5.74) is 0. The predicted octanol–water partition coefficient (Wildman–Crippen LogP) is 29.7.